The predicted octanol–water partition coefficient (Wildman–Crippen LogP) is 1.83. The number of hydrogen-bond donors (Lipinski definition) is 2. The monoisotopic (exact) mass is 243 g/mol. The molecule has 18 heavy (non-hydrogen) atoms. The fraction of sp³-hybridized carbons (Fsp3) is 0.429. The highest BCUT2D eigenvalue weighted by molar-refractivity contribution is 5.77. The van der Waals surface area contributed by atoms with E-state index >= 15 is 0 Å². The predicted molar refractivity (Wildman–Crippen MR) is 70.0 cm³/mol. The van der Waals surface area contributed by atoms with Crippen LogP contribution in [-0.4, -0.2) is 18.5 Å². The van der Waals surface area contributed by atoms with Crippen LogP contribution in [0.4, 0.5) is 5.69 Å². The van der Waals surface area contributed by atoms with Gasteiger partial charge in [-0.05, 0) is 30.5 Å². The molecular formula is C14H17N3O. The minimum atomic E-state index is 0.117. The standard InChI is InChI=1S/C14H17N3O/c15-8-7-11-3-5-12(6-4-11)17-13-2-1-9-16-14(18)10-13/h3-6,13,17H,1-2,7,9-10H2,(H,16,18). The van der Waals surface area contributed by atoms with Gasteiger partial charge in [0, 0.05) is 24.7 Å². The van der Waals surface area contributed by atoms with Gasteiger partial charge in [0.15, 0.2) is 0 Å². The summed E-state index contributed by atoms with van der Waals surface area (Å²) in [7, 11) is 0. The lowest BCUT2D eigenvalue weighted by atomic mass is 10.1. The molecular weight excluding hydrogens is 226 g/mol. The summed E-state index contributed by atoms with van der Waals surface area (Å²) in [5.74, 6) is 0.117. The summed E-state index contributed by atoms with van der Waals surface area (Å²) >= 11 is 0. The lowest BCUT2D eigenvalue weighted by Crippen LogP contribution is -2.26. The molecule has 0 radical (unpaired) electrons. The second-order valence-electron chi connectivity index (χ2n) is 4.57. The highest BCUT2D eigenvalue weighted by Crippen LogP contribution is 2.15. The lowest BCUT2D eigenvalue weighted by Gasteiger charge is -2.16. The molecule has 94 valence electrons. The summed E-state index contributed by atoms with van der Waals surface area (Å²) in [4.78, 5) is 11.4. The van der Waals surface area contributed by atoms with Crippen molar-refractivity contribution in [3.05, 3.63) is 29.8 Å². The zero-order valence-corrected chi connectivity index (χ0v) is 10.3. The van der Waals surface area contributed by atoms with Crippen LogP contribution in [0.15, 0.2) is 24.3 Å². The van der Waals surface area contributed by atoms with Crippen molar-refractivity contribution in [3.8, 4) is 6.07 Å². The Labute approximate surface area is 107 Å². The van der Waals surface area contributed by atoms with E-state index in [0.717, 1.165) is 30.6 Å². The molecule has 2 N–H and O–H groups in total. The number of nitrogens with zero attached hydrogens (tertiary/aromatic N) is 1. The molecule has 1 atom stereocenters. The van der Waals surface area contributed by atoms with Crippen LogP contribution in [-0.2, 0) is 11.2 Å². The Hall–Kier alpha value is -2.02. The van der Waals surface area contributed by atoms with E-state index in [2.05, 4.69) is 16.7 Å². The number of benzene rings is 1. The molecule has 0 saturated carbocycles. The molecule has 1 aliphatic heterocycles. The van der Waals surface area contributed by atoms with E-state index in [9.17, 15) is 4.79 Å². The molecule has 4 heteroatoms. The van der Waals surface area contributed by atoms with E-state index in [0.29, 0.717) is 12.8 Å². The first-order chi connectivity index (χ1) is 8.78. The number of anilines is 1. The Morgan fingerprint density at radius 1 is 1.39 bits per heavy atom. The van der Waals surface area contributed by atoms with E-state index in [4.69, 9.17) is 5.26 Å². The highest BCUT2D eigenvalue weighted by atomic mass is 16.1. The Morgan fingerprint density at radius 3 is 2.89 bits per heavy atom. The summed E-state index contributed by atoms with van der Waals surface area (Å²) < 4.78 is 0. The van der Waals surface area contributed by atoms with Crippen LogP contribution in [0.1, 0.15) is 24.8 Å². The van der Waals surface area contributed by atoms with Crippen LogP contribution in [0, 0.1) is 11.3 Å². The molecule has 0 bridgehead atoms. The molecule has 4 nitrogen and oxygen atoms in total. The van der Waals surface area contributed by atoms with Gasteiger partial charge in [-0.15, -0.1) is 0 Å². The Kier molecular flexibility index (Phi) is 4.19. The quantitative estimate of drug-likeness (QED) is 0.851. The molecule has 1 aromatic rings. The van der Waals surface area contributed by atoms with Gasteiger partial charge in [0.05, 0.1) is 12.5 Å². The molecule has 2 rings (SSSR count). The number of nitriles is 1. The van der Waals surface area contributed by atoms with Gasteiger partial charge >= 0.3 is 0 Å². The zero-order chi connectivity index (χ0) is 12.8. The number of carbonyl (C=O) groups is 1. The molecule has 1 unspecified atom stereocenters. The van der Waals surface area contributed by atoms with Crippen molar-refractivity contribution in [3.63, 3.8) is 0 Å². The number of amides is 1. The van der Waals surface area contributed by atoms with Crippen LogP contribution in [0.3, 0.4) is 0 Å². The van der Waals surface area contributed by atoms with Crippen LogP contribution < -0.4 is 10.6 Å². The van der Waals surface area contributed by atoms with E-state index < -0.39 is 0 Å². The summed E-state index contributed by atoms with van der Waals surface area (Å²) in [6, 6.07) is 10.2. The normalized spacial score (nSPS) is 19.5. The maximum Gasteiger partial charge on any atom is 0.222 e. The number of nitrogens with one attached hydrogen (secondary N) is 2. The largest absolute Gasteiger partial charge is 0.382 e. The molecule has 0 aliphatic carbocycles. The van der Waals surface area contributed by atoms with Crippen LogP contribution in [0.5, 0.6) is 0 Å². The summed E-state index contributed by atoms with van der Waals surface area (Å²) in [5.41, 5.74) is 2.03. The van der Waals surface area contributed by atoms with Gasteiger partial charge in [0.25, 0.3) is 0 Å². The van der Waals surface area contributed by atoms with Crippen molar-refractivity contribution < 1.29 is 4.79 Å². The van der Waals surface area contributed by atoms with Crippen molar-refractivity contribution in [2.45, 2.75) is 31.7 Å². The van der Waals surface area contributed by atoms with Crippen molar-refractivity contribution in [2.75, 3.05) is 11.9 Å². The summed E-state index contributed by atoms with van der Waals surface area (Å²) in [5, 5.41) is 14.8. The van der Waals surface area contributed by atoms with Crippen LogP contribution >= 0.6 is 0 Å². The van der Waals surface area contributed by atoms with E-state index in [1.165, 1.54) is 0 Å². The fourth-order valence-electron chi connectivity index (χ4n) is 2.14. The third-order valence-corrected chi connectivity index (χ3v) is 3.09. The molecule has 1 fully saturated rings. The van der Waals surface area contributed by atoms with Gasteiger partial charge in [-0.3, -0.25) is 4.79 Å². The Balaban J connectivity index is 1.95. The number of hydrogen-bond acceptors (Lipinski definition) is 3. The van der Waals surface area contributed by atoms with E-state index in [1.54, 1.807) is 0 Å². The van der Waals surface area contributed by atoms with Gasteiger partial charge in [0.1, 0.15) is 0 Å². The minimum Gasteiger partial charge on any atom is -0.382 e. The zero-order valence-electron chi connectivity index (χ0n) is 10.3. The number of carbonyl (C=O) groups excluding carboxylic acids is 1. The Bertz CT molecular complexity index is 447. The second kappa shape index (κ2) is 6.06. The molecule has 0 aromatic heterocycles. The SMILES string of the molecule is N#CCc1ccc(NC2CCCNC(=O)C2)cc1. The molecule has 1 saturated heterocycles. The summed E-state index contributed by atoms with van der Waals surface area (Å²) in [6.45, 7) is 0.776. The first-order valence-corrected chi connectivity index (χ1v) is 6.27. The van der Waals surface area contributed by atoms with Crippen LogP contribution in [0.2, 0.25) is 0 Å². The van der Waals surface area contributed by atoms with Gasteiger partial charge in [-0.2, -0.15) is 5.26 Å². The van der Waals surface area contributed by atoms with Gasteiger partial charge in [-0.1, -0.05) is 12.1 Å². The fourth-order valence-corrected chi connectivity index (χ4v) is 2.14. The van der Waals surface area contributed by atoms with Gasteiger partial charge < -0.3 is 10.6 Å². The van der Waals surface area contributed by atoms with E-state index in [-0.39, 0.29) is 11.9 Å². The molecule has 1 heterocycles. The molecule has 0 spiro atoms. The average Bonchev–Trinajstić information content (AvgIpc) is 2.56. The van der Waals surface area contributed by atoms with E-state index in [1.807, 2.05) is 24.3 Å². The minimum absolute atomic E-state index is 0.117. The first-order valence-electron chi connectivity index (χ1n) is 6.27. The van der Waals surface area contributed by atoms with Crippen molar-refractivity contribution >= 4 is 11.6 Å². The van der Waals surface area contributed by atoms with Crippen molar-refractivity contribution in [1.82, 2.24) is 5.32 Å². The number of rotatable bonds is 3. The third kappa shape index (κ3) is 3.49. The topological polar surface area (TPSA) is 64.9 Å². The Morgan fingerprint density at radius 2 is 2.17 bits per heavy atom. The smallest absolute Gasteiger partial charge is 0.222 e. The first kappa shape index (κ1) is 12.4. The highest BCUT2D eigenvalue weighted by Gasteiger charge is 2.16. The molecule has 1 amide bonds. The van der Waals surface area contributed by atoms with Gasteiger partial charge in [-0.25, -0.2) is 0 Å². The molecule has 1 aliphatic rings. The van der Waals surface area contributed by atoms with Crippen molar-refractivity contribution in [2.24, 2.45) is 0 Å². The second-order valence-corrected chi connectivity index (χ2v) is 4.57. The maximum absolute atomic E-state index is 11.4. The van der Waals surface area contributed by atoms with Crippen LogP contribution in [0.25, 0.3) is 0 Å². The summed E-state index contributed by atoms with van der Waals surface area (Å²) in [6.07, 6.45) is 2.97. The molecule has 1 aromatic carbocycles. The maximum atomic E-state index is 11.4. The van der Waals surface area contributed by atoms with Crippen molar-refractivity contribution in [1.29, 1.82) is 5.26 Å². The lowest BCUT2D eigenvalue weighted by molar-refractivity contribution is -0.120. The third-order valence-electron chi connectivity index (χ3n) is 3.09. The van der Waals surface area contributed by atoms with Gasteiger partial charge in [0.2, 0.25) is 5.91 Å². The average molecular weight is 243 g/mol.